The van der Waals surface area contributed by atoms with Crippen LogP contribution in [0.1, 0.15) is 12.8 Å². The fourth-order valence-electron chi connectivity index (χ4n) is 2.49. The number of carbonyl (C=O) groups excluding carboxylic acids is 1. The summed E-state index contributed by atoms with van der Waals surface area (Å²) in [5.74, 6) is 1.92. The third-order valence-electron chi connectivity index (χ3n) is 3.55. The van der Waals surface area contributed by atoms with Crippen molar-refractivity contribution in [3.8, 4) is 0 Å². The first-order valence-corrected chi connectivity index (χ1v) is 8.23. The Morgan fingerprint density at radius 3 is 3.35 bits per heavy atom. The van der Waals surface area contributed by atoms with E-state index in [-0.39, 0.29) is 18.1 Å². The molecular weight excluding hydrogens is 276 g/mol. The van der Waals surface area contributed by atoms with Crippen LogP contribution in [0.4, 0.5) is 5.69 Å². The van der Waals surface area contributed by atoms with E-state index in [0.29, 0.717) is 0 Å². The molecule has 0 aliphatic carbocycles. The molecule has 0 radical (unpaired) electrons. The number of ether oxygens (including phenoxy) is 1. The van der Waals surface area contributed by atoms with Gasteiger partial charge in [-0.25, -0.2) is 0 Å². The largest absolute Gasteiger partial charge is 0.376 e. The van der Waals surface area contributed by atoms with Crippen LogP contribution < -0.4 is 10.6 Å². The topological polar surface area (TPSA) is 68.2 Å². The Kier molecular flexibility index (Phi) is 4.59. The van der Waals surface area contributed by atoms with E-state index in [9.17, 15) is 4.79 Å². The van der Waals surface area contributed by atoms with Gasteiger partial charge in [-0.15, -0.1) is 0 Å². The van der Waals surface area contributed by atoms with E-state index < -0.39 is 0 Å². The fraction of sp³-hybridized carbons (Fsp3) is 0.692. The van der Waals surface area contributed by atoms with Crippen molar-refractivity contribution in [3.63, 3.8) is 0 Å². The molecule has 2 aliphatic rings. The van der Waals surface area contributed by atoms with Gasteiger partial charge in [0.25, 0.3) is 0 Å². The number of amides is 1. The molecule has 7 heteroatoms. The molecule has 2 fully saturated rings. The number of anilines is 1. The summed E-state index contributed by atoms with van der Waals surface area (Å²) in [6, 6.07) is -0.102. The van der Waals surface area contributed by atoms with Crippen molar-refractivity contribution in [2.45, 2.75) is 31.5 Å². The molecule has 20 heavy (non-hydrogen) atoms. The van der Waals surface area contributed by atoms with E-state index in [1.807, 2.05) is 22.6 Å². The molecule has 110 valence electrons. The first kappa shape index (κ1) is 13.9. The van der Waals surface area contributed by atoms with Crippen LogP contribution in [0, 0.1) is 0 Å². The van der Waals surface area contributed by atoms with Gasteiger partial charge in [0.2, 0.25) is 5.91 Å². The highest BCUT2D eigenvalue weighted by Crippen LogP contribution is 2.15. The molecule has 2 unspecified atom stereocenters. The van der Waals surface area contributed by atoms with Crippen molar-refractivity contribution < 1.29 is 9.53 Å². The molecule has 2 atom stereocenters. The first-order valence-electron chi connectivity index (χ1n) is 7.07. The molecule has 0 bridgehead atoms. The Bertz CT molecular complexity index is 453. The summed E-state index contributed by atoms with van der Waals surface area (Å²) in [4.78, 5) is 12.1. The molecule has 3 heterocycles. The maximum Gasteiger partial charge on any atom is 0.242 e. The number of rotatable bonds is 4. The predicted molar refractivity (Wildman–Crippen MR) is 78.9 cm³/mol. The summed E-state index contributed by atoms with van der Waals surface area (Å²) in [5, 5.41) is 10.4. The summed E-state index contributed by atoms with van der Waals surface area (Å²) < 4.78 is 7.42. The zero-order valence-corrected chi connectivity index (χ0v) is 12.2. The lowest BCUT2D eigenvalue weighted by Crippen LogP contribution is -2.46. The van der Waals surface area contributed by atoms with Crippen LogP contribution in [0.5, 0.6) is 0 Å². The van der Waals surface area contributed by atoms with Crippen molar-refractivity contribution in [2.24, 2.45) is 0 Å². The predicted octanol–water partition coefficient (Wildman–Crippen LogP) is 0.706. The lowest BCUT2D eigenvalue weighted by Gasteiger charge is -2.21. The second-order valence-electron chi connectivity index (χ2n) is 5.16. The number of nitrogens with one attached hydrogen (secondary N) is 2. The number of nitrogens with zero attached hydrogens (tertiary/aromatic N) is 2. The smallest absolute Gasteiger partial charge is 0.242 e. The van der Waals surface area contributed by atoms with Gasteiger partial charge in [0.05, 0.1) is 30.6 Å². The Morgan fingerprint density at radius 2 is 2.60 bits per heavy atom. The Balaban J connectivity index is 1.52. The third-order valence-corrected chi connectivity index (χ3v) is 4.62. The van der Waals surface area contributed by atoms with E-state index in [1.54, 1.807) is 6.20 Å². The molecule has 2 saturated heterocycles. The number of aromatic nitrogens is 2. The summed E-state index contributed by atoms with van der Waals surface area (Å²) >= 11 is 1.81. The third kappa shape index (κ3) is 3.53. The van der Waals surface area contributed by atoms with Crippen molar-refractivity contribution in [1.82, 2.24) is 15.1 Å². The normalized spacial score (nSPS) is 26.6. The van der Waals surface area contributed by atoms with Gasteiger partial charge in [-0.1, -0.05) is 0 Å². The monoisotopic (exact) mass is 296 g/mol. The van der Waals surface area contributed by atoms with Crippen molar-refractivity contribution >= 4 is 23.4 Å². The van der Waals surface area contributed by atoms with Gasteiger partial charge in [-0.2, -0.15) is 16.9 Å². The van der Waals surface area contributed by atoms with Gasteiger partial charge < -0.3 is 15.4 Å². The molecule has 1 amide bonds. The maximum atomic E-state index is 12.1. The molecule has 0 aromatic carbocycles. The van der Waals surface area contributed by atoms with E-state index in [0.717, 1.165) is 49.7 Å². The quantitative estimate of drug-likeness (QED) is 0.856. The highest BCUT2D eigenvalue weighted by Gasteiger charge is 2.21. The zero-order valence-electron chi connectivity index (χ0n) is 11.4. The van der Waals surface area contributed by atoms with E-state index in [4.69, 9.17) is 4.74 Å². The minimum atomic E-state index is -0.102. The van der Waals surface area contributed by atoms with Crippen LogP contribution in [0.2, 0.25) is 0 Å². The van der Waals surface area contributed by atoms with Gasteiger partial charge in [-0.3, -0.25) is 9.48 Å². The number of hydrogen-bond donors (Lipinski definition) is 2. The number of hydrogen-bond acceptors (Lipinski definition) is 5. The molecular formula is C13H20N4O2S. The van der Waals surface area contributed by atoms with Crippen molar-refractivity contribution in [1.29, 1.82) is 0 Å². The zero-order chi connectivity index (χ0) is 13.8. The van der Waals surface area contributed by atoms with Crippen molar-refractivity contribution in [2.75, 3.05) is 30.0 Å². The molecule has 2 aliphatic heterocycles. The molecule has 2 N–H and O–H groups in total. The maximum absolute atomic E-state index is 12.1. The molecule has 1 aromatic rings. The number of carbonyl (C=O) groups is 1. The molecule has 6 nitrogen and oxygen atoms in total. The van der Waals surface area contributed by atoms with E-state index in [1.165, 1.54) is 0 Å². The second kappa shape index (κ2) is 6.60. The minimum Gasteiger partial charge on any atom is -0.376 e. The molecule has 1 aromatic heterocycles. The van der Waals surface area contributed by atoms with E-state index in [2.05, 4.69) is 15.7 Å². The van der Waals surface area contributed by atoms with Gasteiger partial charge in [0, 0.05) is 30.9 Å². The Labute approximate surface area is 122 Å². The molecule has 0 saturated carbocycles. The highest BCUT2D eigenvalue weighted by molar-refractivity contribution is 7.99. The summed E-state index contributed by atoms with van der Waals surface area (Å²) in [6.07, 6.45) is 6.04. The Morgan fingerprint density at radius 1 is 1.65 bits per heavy atom. The fourth-order valence-corrected chi connectivity index (χ4v) is 3.42. The summed E-state index contributed by atoms with van der Waals surface area (Å²) in [7, 11) is 0. The minimum absolute atomic E-state index is 0.0221. The molecule has 3 rings (SSSR count). The lowest BCUT2D eigenvalue weighted by molar-refractivity contribution is -0.117. The Hall–Kier alpha value is -1.05. The first-order chi connectivity index (χ1) is 9.81. The van der Waals surface area contributed by atoms with Crippen LogP contribution in [-0.2, 0) is 16.1 Å². The average Bonchev–Trinajstić information content (AvgIpc) is 3.12. The van der Waals surface area contributed by atoms with Gasteiger partial charge in [-0.05, 0) is 12.8 Å². The van der Waals surface area contributed by atoms with Crippen LogP contribution in [-0.4, -0.2) is 52.5 Å². The molecule has 0 spiro atoms. The standard InChI is InChI=1S/C13H20N4O2S/c18-13(12-9-20-5-3-14-12)16-10-6-15-17(7-10)8-11-2-1-4-19-11/h6-7,11-12,14H,1-5,8-9H2,(H,16,18). The van der Waals surface area contributed by atoms with Crippen LogP contribution in [0.25, 0.3) is 0 Å². The number of thioether (sulfide) groups is 1. The van der Waals surface area contributed by atoms with Crippen LogP contribution in [0.15, 0.2) is 12.4 Å². The summed E-state index contributed by atoms with van der Waals surface area (Å²) in [6.45, 7) is 2.50. The summed E-state index contributed by atoms with van der Waals surface area (Å²) in [5.41, 5.74) is 0.755. The van der Waals surface area contributed by atoms with Gasteiger partial charge >= 0.3 is 0 Å². The van der Waals surface area contributed by atoms with E-state index >= 15 is 0 Å². The second-order valence-corrected chi connectivity index (χ2v) is 6.31. The van der Waals surface area contributed by atoms with Crippen LogP contribution in [0.3, 0.4) is 0 Å². The van der Waals surface area contributed by atoms with Crippen LogP contribution >= 0.6 is 11.8 Å². The SMILES string of the molecule is O=C(Nc1cnn(CC2CCCO2)c1)C1CSCCN1. The van der Waals surface area contributed by atoms with Gasteiger partial charge in [0.15, 0.2) is 0 Å². The average molecular weight is 296 g/mol. The van der Waals surface area contributed by atoms with Crippen molar-refractivity contribution in [3.05, 3.63) is 12.4 Å². The lowest BCUT2D eigenvalue weighted by atomic mass is 10.2. The highest BCUT2D eigenvalue weighted by atomic mass is 32.2. The van der Waals surface area contributed by atoms with Gasteiger partial charge in [0.1, 0.15) is 0 Å².